The molecule has 0 saturated carbocycles. The van der Waals surface area contributed by atoms with Crippen LogP contribution in [0.15, 0.2) is 24.3 Å². The van der Waals surface area contributed by atoms with Crippen molar-refractivity contribution in [2.24, 2.45) is 0 Å². The van der Waals surface area contributed by atoms with Crippen molar-refractivity contribution in [2.45, 2.75) is 5.88 Å². The Labute approximate surface area is 84.7 Å². The predicted molar refractivity (Wildman–Crippen MR) is 56.4 cm³/mol. The van der Waals surface area contributed by atoms with Gasteiger partial charge in [-0.3, -0.25) is 0 Å². The fraction of sp³-hybridized carbons (Fsp3) is 0.111. The van der Waals surface area contributed by atoms with Gasteiger partial charge in [-0.2, -0.15) is 0 Å². The molecule has 2 rings (SSSR count). The minimum Gasteiger partial charge on any atom is -0.139 e. The van der Waals surface area contributed by atoms with Gasteiger partial charge >= 0.3 is 0 Å². The summed E-state index contributed by atoms with van der Waals surface area (Å²) in [7, 11) is 0. The van der Waals surface area contributed by atoms with Crippen LogP contribution >= 0.6 is 34.5 Å². The number of hydrogen-bond donors (Lipinski definition) is 0. The van der Waals surface area contributed by atoms with Gasteiger partial charge in [-0.25, -0.2) is 0 Å². The van der Waals surface area contributed by atoms with E-state index in [1.54, 1.807) is 11.3 Å². The third-order valence-electron chi connectivity index (χ3n) is 1.66. The first-order valence-electron chi connectivity index (χ1n) is 3.53. The van der Waals surface area contributed by atoms with Gasteiger partial charge in [0, 0.05) is 14.6 Å². The molecule has 0 aliphatic heterocycles. The number of hydrogen-bond acceptors (Lipinski definition) is 1. The predicted octanol–water partition coefficient (Wildman–Crippen LogP) is 4.29. The second-order valence-corrected chi connectivity index (χ2v) is 4.40. The lowest BCUT2D eigenvalue weighted by atomic mass is 10.2. The number of benzene rings is 1. The van der Waals surface area contributed by atoms with Crippen LogP contribution in [-0.4, -0.2) is 0 Å². The summed E-state index contributed by atoms with van der Waals surface area (Å²) >= 11 is 13.3. The molecule has 0 bridgehead atoms. The molecule has 0 spiro atoms. The van der Waals surface area contributed by atoms with Crippen LogP contribution in [0.25, 0.3) is 10.1 Å². The Morgan fingerprint density at radius 3 is 2.83 bits per heavy atom. The Bertz CT molecular complexity index is 406. The molecule has 1 heterocycles. The molecule has 1 aromatic heterocycles. The lowest BCUT2D eigenvalue weighted by Crippen LogP contribution is -1.62. The van der Waals surface area contributed by atoms with Gasteiger partial charge in [0.05, 0.1) is 5.88 Å². The van der Waals surface area contributed by atoms with Crippen LogP contribution in [0, 0.1) is 0 Å². The van der Waals surface area contributed by atoms with E-state index in [4.69, 9.17) is 23.2 Å². The number of thiophene rings is 1. The molecule has 0 fully saturated rings. The molecule has 0 N–H and O–H groups in total. The molecule has 0 aliphatic rings. The average molecular weight is 217 g/mol. The second kappa shape index (κ2) is 3.25. The van der Waals surface area contributed by atoms with Crippen LogP contribution < -0.4 is 0 Å². The maximum Gasteiger partial charge on any atom is 0.0568 e. The van der Waals surface area contributed by atoms with Gasteiger partial charge in [-0.05, 0) is 23.6 Å². The van der Waals surface area contributed by atoms with Crippen molar-refractivity contribution in [1.82, 2.24) is 0 Å². The molecular weight excluding hydrogens is 211 g/mol. The van der Waals surface area contributed by atoms with Crippen LogP contribution in [0.1, 0.15) is 4.88 Å². The number of alkyl halides is 1. The summed E-state index contributed by atoms with van der Waals surface area (Å²) in [6.07, 6.45) is 0. The molecule has 0 unspecified atom stereocenters. The average Bonchev–Trinajstić information content (AvgIpc) is 2.46. The molecule has 0 aliphatic carbocycles. The lowest BCUT2D eigenvalue weighted by molar-refractivity contribution is 1.54. The van der Waals surface area contributed by atoms with Gasteiger partial charge in [0.25, 0.3) is 0 Å². The molecule has 0 nitrogen and oxygen atoms in total. The van der Waals surface area contributed by atoms with Crippen molar-refractivity contribution in [3.05, 3.63) is 34.2 Å². The van der Waals surface area contributed by atoms with Gasteiger partial charge in [-0.15, -0.1) is 22.9 Å². The van der Waals surface area contributed by atoms with Crippen LogP contribution in [0.3, 0.4) is 0 Å². The molecule has 1 aromatic carbocycles. The largest absolute Gasteiger partial charge is 0.139 e. The molecule has 0 amide bonds. The van der Waals surface area contributed by atoms with Crippen molar-refractivity contribution in [3.8, 4) is 0 Å². The Hall–Kier alpha value is -0.240. The standard InChI is InChI=1S/C9H6Cl2S/c10-5-8-3-6-1-2-7(11)4-9(6)12-8/h1-4H,5H2. The number of fused-ring (bicyclic) bond motifs is 1. The van der Waals surface area contributed by atoms with Crippen LogP contribution in [0.4, 0.5) is 0 Å². The van der Waals surface area contributed by atoms with E-state index in [1.807, 2.05) is 18.2 Å². The van der Waals surface area contributed by atoms with E-state index in [0.29, 0.717) is 5.88 Å². The SMILES string of the molecule is ClCc1cc2ccc(Cl)cc2s1. The van der Waals surface area contributed by atoms with Crippen LogP contribution in [-0.2, 0) is 5.88 Å². The molecule has 0 radical (unpaired) electrons. The molecule has 12 heavy (non-hydrogen) atoms. The van der Waals surface area contributed by atoms with E-state index in [0.717, 1.165) is 5.02 Å². The van der Waals surface area contributed by atoms with E-state index in [-0.39, 0.29) is 0 Å². The van der Waals surface area contributed by atoms with Gasteiger partial charge in [0.1, 0.15) is 0 Å². The quantitative estimate of drug-likeness (QED) is 0.625. The van der Waals surface area contributed by atoms with E-state index in [2.05, 4.69) is 6.07 Å². The summed E-state index contributed by atoms with van der Waals surface area (Å²) in [6, 6.07) is 7.99. The highest BCUT2D eigenvalue weighted by molar-refractivity contribution is 7.19. The number of rotatable bonds is 1. The lowest BCUT2D eigenvalue weighted by Gasteiger charge is -1.88. The van der Waals surface area contributed by atoms with E-state index in [9.17, 15) is 0 Å². The zero-order valence-electron chi connectivity index (χ0n) is 6.18. The topological polar surface area (TPSA) is 0 Å². The minimum atomic E-state index is 0.580. The van der Waals surface area contributed by atoms with Crippen molar-refractivity contribution >= 4 is 44.6 Å². The zero-order valence-corrected chi connectivity index (χ0v) is 8.51. The minimum absolute atomic E-state index is 0.580. The molecule has 0 saturated heterocycles. The van der Waals surface area contributed by atoms with Crippen molar-refractivity contribution < 1.29 is 0 Å². The third kappa shape index (κ3) is 1.45. The Kier molecular flexibility index (Phi) is 2.26. The van der Waals surface area contributed by atoms with Gasteiger partial charge in [0.2, 0.25) is 0 Å². The summed E-state index contributed by atoms with van der Waals surface area (Å²) < 4.78 is 1.21. The first-order valence-corrected chi connectivity index (χ1v) is 5.26. The highest BCUT2D eigenvalue weighted by atomic mass is 35.5. The first kappa shape index (κ1) is 8.36. The molecule has 2 aromatic rings. The van der Waals surface area contributed by atoms with Crippen molar-refractivity contribution in [1.29, 1.82) is 0 Å². The van der Waals surface area contributed by atoms with Crippen LogP contribution in [0.5, 0.6) is 0 Å². The summed E-state index contributed by atoms with van der Waals surface area (Å²) in [6.45, 7) is 0. The summed E-state index contributed by atoms with van der Waals surface area (Å²) in [5, 5.41) is 2.01. The smallest absolute Gasteiger partial charge is 0.0568 e. The molecular formula is C9H6Cl2S. The molecule has 3 heteroatoms. The highest BCUT2D eigenvalue weighted by Crippen LogP contribution is 2.28. The summed E-state index contributed by atoms with van der Waals surface area (Å²) in [5.41, 5.74) is 0. The van der Waals surface area contributed by atoms with E-state index < -0.39 is 0 Å². The highest BCUT2D eigenvalue weighted by Gasteiger charge is 2.00. The monoisotopic (exact) mass is 216 g/mol. The normalized spacial score (nSPS) is 10.8. The summed E-state index contributed by atoms with van der Waals surface area (Å²) in [4.78, 5) is 1.19. The number of halogens is 2. The molecule has 62 valence electrons. The Morgan fingerprint density at radius 1 is 1.25 bits per heavy atom. The van der Waals surface area contributed by atoms with Crippen molar-refractivity contribution in [2.75, 3.05) is 0 Å². The van der Waals surface area contributed by atoms with Gasteiger partial charge < -0.3 is 0 Å². The molecule has 0 atom stereocenters. The summed E-state index contributed by atoms with van der Waals surface area (Å²) in [5.74, 6) is 0.580. The maximum atomic E-state index is 5.84. The first-order chi connectivity index (χ1) is 5.79. The maximum absolute atomic E-state index is 5.84. The van der Waals surface area contributed by atoms with Crippen LogP contribution in [0.2, 0.25) is 5.02 Å². The third-order valence-corrected chi connectivity index (χ3v) is 3.44. The second-order valence-electron chi connectivity index (χ2n) is 2.53. The fourth-order valence-corrected chi connectivity index (χ4v) is 2.56. The Morgan fingerprint density at radius 2 is 2.08 bits per heavy atom. The van der Waals surface area contributed by atoms with E-state index in [1.165, 1.54) is 15.0 Å². The van der Waals surface area contributed by atoms with Gasteiger partial charge in [-0.1, -0.05) is 17.7 Å². The van der Waals surface area contributed by atoms with Gasteiger partial charge in [0.15, 0.2) is 0 Å². The fourth-order valence-electron chi connectivity index (χ4n) is 1.13. The zero-order chi connectivity index (χ0) is 8.55. The van der Waals surface area contributed by atoms with Crippen molar-refractivity contribution in [3.63, 3.8) is 0 Å². The van der Waals surface area contributed by atoms with E-state index >= 15 is 0 Å². The Balaban J connectivity index is 2.67.